The van der Waals surface area contributed by atoms with Crippen LogP contribution in [0.1, 0.15) is 25.7 Å². The SMILES string of the molecule is O=C(O)C1(CNCCC2CCC2)COC1. The zero-order chi connectivity index (χ0) is 10.7. The Hall–Kier alpha value is -0.610. The van der Waals surface area contributed by atoms with Gasteiger partial charge in [0.05, 0.1) is 13.2 Å². The van der Waals surface area contributed by atoms with Crippen LogP contribution in [0.2, 0.25) is 0 Å². The zero-order valence-corrected chi connectivity index (χ0v) is 9.00. The summed E-state index contributed by atoms with van der Waals surface area (Å²) in [5.74, 6) is 0.154. The van der Waals surface area contributed by atoms with Gasteiger partial charge in [-0.3, -0.25) is 4.79 Å². The average Bonchev–Trinajstić information content (AvgIpc) is 2.04. The van der Waals surface area contributed by atoms with Gasteiger partial charge in [0.25, 0.3) is 0 Å². The van der Waals surface area contributed by atoms with Crippen molar-refractivity contribution in [2.45, 2.75) is 25.7 Å². The van der Waals surface area contributed by atoms with Crippen LogP contribution in [-0.2, 0) is 9.53 Å². The van der Waals surface area contributed by atoms with Gasteiger partial charge >= 0.3 is 5.97 Å². The molecule has 4 nitrogen and oxygen atoms in total. The van der Waals surface area contributed by atoms with Crippen molar-refractivity contribution in [2.24, 2.45) is 11.3 Å². The lowest BCUT2D eigenvalue weighted by Gasteiger charge is -2.37. The summed E-state index contributed by atoms with van der Waals surface area (Å²) in [5, 5.41) is 12.3. The summed E-state index contributed by atoms with van der Waals surface area (Å²) >= 11 is 0. The molecule has 1 heterocycles. The Bertz CT molecular complexity index is 234. The second-order valence-corrected chi connectivity index (χ2v) is 4.84. The van der Waals surface area contributed by atoms with E-state index < -0.39 is 11.4 Å². The number of carboxylic acid groups (broad SMARTS) is 1. The van der Waals surface area contributed by atoms with E-state index in [1.807, 2.05) is 0 Å². The second-order valence-electron chi connectivity index (χ2n) is 4.84. The van der Waals surface area contributed by atoms with Crippen molar-refractivity contribution in [3.8, 4) is 0 Å². The third-order valence-electron chi connectivity index (χ3n) is 3.63. The smallest absolute Gasteiger partial charge is 0.315 e. The molecular weight excluding hydrogens is 194 g/mol. The molecule has 0 bridgehead atoms. The highest BCUT2D eigenvalue weighted by Crippen LogP contribution is 2.29. The highest BCUT2D eigenvalue weighted by atomic mass is 16.5. The Kier molecular flexibility index (Phi) is 3.26. The van der Waals surface area contributed by atoms with E-state index in [0.29, 0.717) is 19.8 Å². The van der Waals surface area contributed by atoms with Crippen molar-refractivity contribution < 1.29 is 14.6 Å². The summed E-state index contributed by atoms with van der Waals surface area (Å²) < 4.78 is 4.99. The molecule has 1 saturated heterocycles. The van der Waals surface area contributed by atoms with E-state index in [-0.39, 0.29) is 0 Å². The number of aliphatic carboxylic acids is 1. The van der Waals surface area contributed by atoms with Crippen LogP contribution < -0.4 is 5.32 Å². The highest BCUT2D eigenvalue weighted by Gasteiger charge is 2.45. The van der Waals surface area contributed by atoms with Gasteiger partial charge in [-0.15, -0.1) is 0 Å². The Morgan fingerprint density at radius 2 is 2.20 bits per heavy atom. The maximum absolute atomic E-state index is 11.0. The zero-order valence-electron chi connectivity index (χ0n) is 9.00. The molecule has 0 aromatic heterocycles. The fourth-order valence-electron chi connectivity index (χ4n) is 2.06. The van der Waals surface area contributed by atoms with Crippen LogP contribution in [0.5, 0.6) is 0 Å². The summed E-state index contributed by atoms with van der Waals surface area (Å²) in [5.41, 5.74) is -0.639. The summed E-state index contributed by atoms with van der Waals surface area (Å²) in [7, 11) is 0. The Labute approximate surface area is 90.0 Å². The van der Waals surface area contributed by atoms with Gasteiger partial charge in [-0.25, -0.2) is 0 Å². The molecule has 0 radical (unpaired) electrons. The quantitative estimate of drug-likeness (QED) is 0.643. The van der Waals surface area contributed by atoms with Crippen LogP contribution in [0.25, 0.3) is 0 Å². The van der Waals surface area contributed by atoms with Crippen molar-refractivity contribution in [1.82, 2.24) is 5.32 Å². The van der Waals surface area contributed by atoms with E-state index in [4.69, 9.17) is 9.84 Å². The van der Waals surface area contributed by atoms with Gasteiger partial charge in [-0.05, 0) is 18.9 Å². The van der Waals surface area contributed by atoms with Gasteiger partial charge in [0, 0.05) is 6.54 Å². The predicted molar refractivity (Wildman–Crippen MR) is 55.7 cm³/mol. The van der Waals surface area contributed by atoms with E-state index in [1.165, 1.54) is 25.7 Å². The molecule has 0 spiro atoms. The number of rotatable bonds is 6. The van der Waals surface area contributed by atoms with Gasteiger partial charge in [-0.2, -0.15) is 0 Å². The topological polar surface area (TPSA) is 58.6 Å². The first-order valence-electron chi connectivity index (χ1n) is 5.75. The molecule has 1 aliphatic heterocycles. The lowest BCUT2D eigenvalue weighted by atomic mass is 9.82. The summed E-state index contributed by atoms with van der Waals surface area (Å²) in [4.78, 5) is 11.0. The number of hydrogen-bond donors (Lipinski definition) is 2. The molecule has 0 aromatic rings. The lowest BCUT2D eigenvalue weighted by molar-refractivity contribution is -0.178. The van der Waals surface area contributed by atoms with E-state index in [9.17, 15) is 4.79 Å². The lowest BCUT2D eigenvalue weighted by Crippen LogP contribution is -2.55. The molecule has 2 rings (SSSR count). The Balaban J connectivity index is 1.61. The molecule has 15 heavy (non-hydrogen) atoms. The first-order valence-corrected chi connectivity index (χ1v) is 5.75. The molecule has 0 atom stereocenters. The maximum Gasteiger partial charge on any atom is 0.315 e. The number of nitrogens with one attached hydrogen (secondary N) is 1. The predicted octanol–water partition coefficient (Wildman–Crippen LogP) is 0.867. The van der Waals surface area contributed by atoms with Crippen LogP contribution in [0.4, 0.5) is 0 Å². The first kappa shape index (κ1) is 10.9. The largest absolute Gasteiger partial charge is 0.481 e. The average molecular weight is 213 g/mol. The van der Waals surface area contributed by atoms with E-state index >= 15 is 0 Å². The molecule has 4 heteroatoms. The monoisotopic (exact) mass is 213 g/mol. The number of ether oxygens (including phenoxy) is 1. The summed E-state index contributed by atoms with van der Waals surface area (Å²) in [6.45, 7) is 2.21. The number of carbonyl (C=O) groups is 1. The maximum atomic E-state index is 11.0. The van der Waals surface area contributed by atoms with E-state index in [0.717, 1.165) is 12.5 Å². The van der Waals surface area contributed by atoms with E-state index in [2.05, 4.69) is 5.32 Å². The third-order valence-corrected chi connectivity index (χ3v) is 3.63. The molecule has 0 amide bonds. The van der Waals surface area contributed by atoms with E-state index in [1.54, 1.807) is 0 Å². The van der Waals surface area contributed by atoms with Crippen LogP contribution in [0.3, 0.4) is 0 Å². The molecule has 2 fully saturated rings. The van der Waals surface area contributed by atoms with Gasteiger partial charge < -0.3 is 15.2 Å². The second kappa shape index (κ2) is 4.49. The van der Waals surface area contributed by atoms with Crippen molar-refractivity contribution in [1.29, 1.82) is 0 Å². The van der Waals surface area contributed by atoms with Gasteiger partial charge in [0.1, 0.15) is 5.41 Å². The minimum absolute atomic E-state index is 0.360. The van der Waals surface area contributed by atoms with Crippen molar-refractivity contribution in [3.05, 3.63) is 0 Å². The van der Waals surface area contributed by atoms with Crippen LogP contribution >= 0.6 is 0 Å². The van der Waals surface area contributed by atoms with Crippen molar-refractivity contribution in [2.75, 3.05) is 26.3 Å². The standard InChI is InChI=1S/C11H19NO3/c13-10(14)11(7-15-8-11)6-12-5-4-9-2-1-3-9/h9,12H,1-8H2,(H,13,14). The van der Waals surface area contributed by atoms with Crippen molar-refractivity contribution in [3.63, 3.8) is 0 Å². The fraction of sp³-hybridized carbons (Fsp3) is 0.909. The molecular formula is C11H19NO3. The van der Waals surface area contributed by atoms with Crippen LogP contribution in [-0.4, -0.2) is 37.4 Å². The van der Waals surface area contributed by atoms with Gasteiger partial charge in [0.15, 0.2) is 0 Å². The van der Waals surface area contributed by atoms with Gasteiger partial charge in [0.2, 0.25) is 0 Å². The highest BCUT2D eigenvalue weighted by molar-refractivity contribution is 5.76. The summed E-state index contributed by atoms with van der Waals surface area (Å²) in [6, 6.07) is 0. The molecule has 86 valence electrons. The fourth-order valence-corrected chi connectivity index (χ4v) is 2.06. The van der Waals surface area contributed by atoms with Crippen LogP contribution in [0.15, 0.2) is 0 Å². The summed E-state index contributed by atoms with van der Waals surface area (Å²) in [6.07, 6.45) is 5.28. The minimum atomic E-state index is -0.732. The molecule has 1 aliphatic carbocycles. The molecule has 1 saturated carbocycles. The number of carboxylic acids is 1. The van der Waals surface area contributed by atoms with Crippen LogP contribution in [0, 0.1) is 11.3 Å². The molecule has 0 aromatic carbocycles. The Morgan fingerprint density at radius 1 is 1.47 bits per heavy atom. The minimum Gasteiger partial charge on any atom is -0.481 e. The normalized spacial score (nSPS) is 24.3. The third kappa shape index (κ3) is 2.32. The molecule has 2 aliphatic rings. The Morgan fingerprint density at radius 3 is 2.60 bits per heavy atom. The van der Waals surface area contributed by atoms with Gasteiger partial charge in [-0.1, -0.05) is 19.3 Å². The van der Waals surface area contributed by atoms with Crippen molar-refractivity contribution >= 4 is 5.97 Å². The number of hydrogen-bond acceptors (Lipinski definition) is 3. The molecule has 0 unspecified atom stereocenters. The first-order chi connectivity index (χ1) is 7.23. The molecule has 2 N–H and O–H groups in total.